The van der Waals surface area contributed by atoms with E-state index in [1.54, 1.807) is 6.07 Å². The maximum Gasteiger partial charge on any atom is 0.339 e. The molecule has 0 radical (unpaired) electrons. The summed E-state index contributed by atoms with van der Waals surface area (Å²) in [5, 5.41) is 0.196. The van der Waals surface area contributed by atoms with E-state index in [2.05, 4.69) is 4.74 Å². The number of anilines is 1. The minimum absolute atomic E-state index is 0.109. The lowest BCUT2D eigenvalue weighted by Crippen LogP contribution is -2.38. The van der Waals surface area contributed by atoms with Crippen LogP contribution in [-0.4, -0.2) is 36.6 Å². The molecule has 1 aromatic carbocycles. The highest BCUT2D eigenvalue weighted by Gasteiger charge is 2.66. The van der Waals surface area contributed by atoms with Gasteiger partial charge in [0.2, 0.25) is 11.8 Å². The summed E-state index contributed by atoms with van der Waals surface area (Å²) >= 11 is 6.00. The number of nitrogens with zero attached hydrogens (tertiary/aromatic N) is 1. The van der Waals surface area contributed by atoms with Crippen LogP contribution >= 0.6 is 11.6 Å². The van der Waals surface area contributed by atoms with Gasteiger partial charge in [-0.05, 0) is 25.1 Å². The molecule has 3 aliphatic rings. The number of carbonyl (C=O) groups is 3. The fourth-order valence-electron chi connectivity index (χ4n) is 3.83. The molecule has 3 aliphatic heterocycles. The molecule has 4 atom stereocenters. The van der Waals surface area contributed by atoms with Gasteiger partial charge in [0, 0.05) is 0 Å². The van der Waals surface area contributed by atoms with Gasteiger partial charge in [-0.3, -0.25) is 9.59 Å². The molecule has 3 heterocycles. The Morgan fingerprint density at radius 3 is 2.75 bits per heavy atom. The van der Waals surface area contributed by atoms with Crippen LogP contribution in [0, 0.1) is 11.8 Å². The molecule has 2 saturated heterocycles. The molecule has 6 nitrogen and oxygen atoms in total. The zero-order valence-electron chi connectivity index (χ0n) is 13.0. The number of hydrogen-bond donors (Lipinski definition) is 0. The summed E-state index contributed by atoms with van der Waals surface area (Å²) < 4.78 is 10.5. The Morgan fingerprint density at radius 1 is 1.33 bits per heavy atom. The second-order valence-electron chi connectivity index (χ2n) is 6.30. The van der Waals surface area contributed by atoms with E-state index in [4.69, 9.17) is 16.3 Å². The Hall–Kier alpha value is -2.18. The van der Waals surface area contributed by atoms with Crippen molar-refractivity contribution in [3.63, 3.8) is 0 Å². The molecule has 2 amide bonds. The van der Waals surface area contributed by atoms with Crippen LogP contribution in [0.2, 0.25) is 5.02 Å². The average Bonchev–Trinajstić information content (AvgIpc) is 3.16. The fraction of sp³-hybridized carbons (Fsp3) is 0.353. The average molecular weight is 348 g/mol. The molecule has 0 aliphatic carbocycles. The summed E-state index contributed by atoms with van der Waals surface area (Å²) in [5.41, 5.74) is -0.334. The van der Waals surface area contributed by atoms with Gasteiger partial charge in [-0.15, -0.1) is 0 Å². The third-order valence-corrected chi connectivity index (χ3v) is 5.27. The Balaban J connectivity index is 1.76. The third-order valence-electron chi connectivity index (χ3n) is 4.94. The number of rotatable bonds is 2. The molecule has 1 aromatic rings. The first kappa shape index (κ1) is 15.4. The van der Waals surface area contributed by atoms with E-state index in [1.165, 1.54) is 19.2 Å². The summed E-state index contributed by atoms with van der Waals surface area (Å²) in [6.07, 6.45) is 3.29. The second-order valence-corrected chi connectivity index (χ2v) is 6.70. The first-order chi connectivity index (χ1) is 11.4. The molecule has 2 bridgehead atoms. The van der Waals surface area contributed by atoms with E-state index in [1.807, 2.05) is 19.1 Å². The standard InChI is InChI=1S/C17H14ClNO5/c1-17-6-5-11(24-17)12-13(17)15(21)19(14(12)20)8-3-4-10(18)9(7-8)16(22)23-2/h3-7,11-13H,1-2H3/t11-,12-,13+,17-/m1/s1. The van der Waals surface area contributed by atoms with Crippen molar-refractivity contribution in [3.05, 3.63) is 40.9 Å². The highest BCUT2D eigenvalue weighted by Crippen LogP contribution is 2.52. The smallest absolute Gasteiger partial charge is 0.339 e. The molecule has 24 heavy (non-hydrogen) atoms. The zero-order valence-corrected chi connectivity index (χ0v) is 13.7. The van der Waals surface area contributed by atoms with Crippen LogP contribution in [0.1, 0.15) is 17.3 Å². The molecule has 0 saturated carbocycles. The minimum Gasteiger partial charge on any atom is -0.465 e. The van der Waals surface area contributed by atoms with Gasteiger partial charge < -0.3 is 9.47 Å². The molecule has 4 rings (SSSR count). The van der Waals surface area contributed by atoms with Gasteiger partial charge >= 0.3 is 5.97 Å². The number of halogens is 1. The van der Waals surface area contributed by atoms with Crippen LogP contribution in [0.3, 0.4) is 0 Å². The number of esters is 1. The Bertz CT molecular complexity index is 819. The quantitative estimate of drug-likeness (QED) is 0.464. The lowest BCUT2D eigenvalue weighted by Gasteiger charge is -2.24. The van der Waals surface area contributed by atoms with Crippen LogP contribution < -0.4 is 4.90 Å². The number of hydrogen-bond acceptors (Lipinski definition) is 5. The lowest BCUT2D eigenvalue weighted by molar-refractivity contribution is -0.126. The van der Waals surface area contributed by atoms with E-state index < -0.39 is 23.4 Å². The highest BCUT2D eigenvalue weighted by molar-refractivity contribution is 6.34. The molecule has 7 heteroatoms. The van der Waals surface area contributed by atoms with E-state index in [9.17, 15) is 14.4 Å². The van der Waals surface area contributed by atoms with Gasteiger partial charge in [0.15, 0.2) is 0 Å². The van der Waals surface area contributed by atoms with Crippen LogP contribution in [0.25, 0.3) is 0 Å². The van der Waals surface area contributed by atoms with Crippen molar-refractivity contribution in [1.29, 1.82) is 0 Å². The normalized spacial score (nSPS) is 33.3. The first-order valence-electron chi connectivity index (χ1n) is 7.50. The monoisotopic (exact) mass is 347 g/mol. The van der Waals surface area contributed by atoms with Crippen LogP contribution in [0.4, 0.5) is 5.69 Å². The van der Waals surface area contributed by atoms with Crippen LogP contribution in [-0.2, 0) is 19.1 Å². The van der Waals surface area contributed by atoms with Crippen molar-refractivity contribution in [2.45, 2.75) is 18.6 Å². The molecule has 0 aromatic heterocycles. The largest absolute Gasteiger partial charge is 0.465 e. The predicted octanol–water partition coefficient (Wildman–Crippen LogP) is 1.96. The van der Waals surface area contributed by atoms with Gasteiger partial charge in [-0.2, -0.15) is 0 Å². The third kappa shape index (κ3) is 1.84. The zero-order chi connectivity index (χ0) is 17.2. The summed E-state index contributed by atoms with van der Waals surface area (Å²) in [7, 11) is 1.24. The second kappa shape index (κ2) is 4.91. The van der Waals surface area contributed by atoms with Gasteiger partial charge in [0.05, 0.1) is 46.9 Å². The molecule has 2 fully saturated rings. The minimum atomic E-state index is -0.756. The summed E-state index contributed by atoms with van der Waals surface area (Å²) in [6, 6.07) is 4.43. The number of benzene rings is 1. The first-order valence-corrected chi connectivity index (χ1v) is 7.88. The van der Waals surface area contributed by atoms with Crippen molar-refractivity contribution >= 4 is 35.1 Å². The van der Waals surface area contributed by atoms with Crippen molar-refractivity contribution < 1.29 is 23.9 Å². The number of carbonyl (C=O) groups excluding carboxylic acids is 3. The lowest BCUT2D eigenvalue weighted by atomic mass is 9.78. The molecule has 124 valence electrons. The number of fused-ring (bicyclic) bond motifs is 5. The van der Waals surface area contributed by atoms with Crippen molar-refractivity contribution in [1.82, 2.24) is 0 Å². The fourth-order valence-corrected chi connectivity index (χ4v) is 4.02. The van der Waals surface area contributed by atoms with Crippen LogP contribution in [0.5, 0.6) is 0 Å². The highest BCUT2D eigenvalue weighted by atomic mass is 35.5. The van der Waals surface area contributed by atoms with Crippen molar-refractivity contribution in [3.8, 4) is 0 Å². The maximum absolute atomic E-state index is 12.9. The molecule has 0 spiro atoms. The number of imide groups is 1. The van der Waals surface area contributed by atoms with Gasteiger partial charge in [0.1, 0.15) is 0 Å². The summed E-state index contributed by atoms with van der Waals surface area (Å²) in [6.45, 7) is 1.81. The number of amides is 2. The maximum atomic E-state index is 12.9. The molecule has 0 N–H and O–H groups in total. The Morgan fingerprint density at radius 2 is 2.08 bits per heavy atom. The van der Waals surface area contributed by atoms with E-state index in [0.717, 1.165) is 4.90 Å². The van der Waals surface area contributed by atoms with E-state index in [0.29, 0.717) is 5.69 Å². The van der Waals surface area contributed by atoms with Gasteiger partial charge in [-0.1, -0.05) is 23.8 Å². The van der Waals surface area contributed by atoms with Gasteiger partial charge in [0.25, 0.3) is 0 Å². The summed E-state index contributed by atoms with van der Waals surface area (Å²) in [5.74, 6) is -2.33. The number of methoxy groups -OCH3 is 1. The molecular weight excluding hydrogens is 334 g/mol. The van der Waals surface area contributed by atoms with Crippen LogP contribution in [0.15, 0.2) is 30.4 Å². The van der Waals surface area contributed by atoms with E-state index in [-0.39, 0.29) is 28.5 Å². The predicted molar refractivity (Wildman–Crippen MR) is 84.7 cm³/mol. The van der Waals surface area contributed by atoms with Crippen molar-refractivity contribution in [2.24, 2.45) is 11.8 Å². The topological polar surface area (TPSA) is 72.9 Å². The Kier molecular flexibility index (Phi) is 3.14. The van der Waals surface area contributed by atoms with Gasteiger partial charge in [-0.25, -0.2) is 9.69 Å². The summed E-state index contributed by atoms with van der Waals surface area (Å²) in [4.78, 5) is 38.6. The number of ether oxygens (including phenoxy) is 2. The Labute approximate surface area is 143 Å². The SMILES string of the molecule is COC(=O)c1cc(N2C(=O)[C@H]3[C@@H](C2=O)[C@@]2(C)C=C[C@H]3O2)ccc1Cl. The van der Waals surface area contributed by atoms with E-state index >= 15 is 0 Å². The molecular formula is C17H14ClNO5. The molecule has 0 unspecified atom stereocenters. The van der Waals surface area contributed by atoms with Crippen molar-refractivity contribution in [2.75, 3.05) is 12.0 Å².